The van der Waals surface area contributed by atoms with Crippen LogP contribution in [0.25, 0.3) is 10.2 Å². The summed E-state index contributed by atoms with van der Waals surface area (Å²) in [5.41, 5.74) is 1.05. The highest BCUT2D eigenvalue weighted by molar-refractivity contribution is 8.00. The van der Waals surface area contributed by atoms with Gasteiger partial charge in [-0.2, -0.15) is 0 Å². The number of hydrogen-bond acceptors (Lipinski definition) is 6. The van der Waals surface area contributed by atoms with E-state index in [0.717, 1.165) is 45.3 Å². The van der Waals surface area contributed by atoms with E-state index in [9.17, 15) is 0 Å². The molecule has 3 aromatic rings. The van der Waals surface area contributed by atoms with Crippen molar-refractivity contribution in [3.05, 3.63) is 30.1 Å². The zero-order chi connectivity index (χ0) is 17.4. The Morgan fingerprint density at radius 1 is 1.28 bits per heavy atom. The summed E-state index contributed by atoms with van der Waals surface area (Å²) >= 11 is 17.3. The van der Waals surface area contributed by atoms with Crippen LogP contribution in [0.5, 0.6) is 0 Å². The van der Waals surface area contributed by atoms with Gasteiger partial charge in [0.05, 0.1) is 16.0 Å². The van der Waals surface area contributed by atoms with Crippen molar-refractivity contribution in [3.63, 3.8) is 0 Å². The molecule has 0 radical (unpaired) electrons. The first-order valence-electron chi connectivity index (χ1n) is 7.98. The van der Waals surface area contributed by atoms with Gasteiger partial charge in [0.2, 0.25) is 0 Å². The number of para-hydroxylation sites is 1. The van der Waals surface area contributed by atoms with Gasteiger partial charge in [-0.3, -0.25) is 0 Å². The maximum Gasteiger partial charge on any atom is 0.191 e. The Hall–Kier alpha value is -0.470. The second-order valence-electron chi connectivity index (χ2n) is 5.85. The van der Waals surface area contributed by atoms with Gasteiger partial charge in [0.15, 0.2) is 9.50 Å². The van der Waals surface area contributed by atoms with E-state index in [1.165, 1.54) is 4.70 Å². The van der Waals surface area contributed by atoms with Gasteiger partial charge in [0.1, 0.15) is 10.2 Å². The fourth-order valence-electron chi connectivity index (χ4n) is 2.51. The summed E-state index contributed by atoms with van der Waals surface area (Å²) in [5, 5.41) is 9.66. The summed E-state index contributed by atoms with van der Waals surface area (Å²) < 4.78 is 3.91. The molecule has 2 heterocycles. The number of aromatic nitrogens is 4. The number of fused-ring (bicyclic) bond motifs is 1. The van der Waals surface area contributed by atoms with Crippen LogP contribution < -0.4 is 0 Å². The predicted molar refractivity (Wildman–Crippen MR) is 108 cm³/mol. The van der Waals surface area contributed by atoms with Gasteiger partial charge in [-0.05, 0) is 25.5 Å². The molecule has 4 nitrogen and oxygen atoms in total. The van der Waals surface area contributed by atoms with Gasteiger partial charge < -0.3 is 4.57 Å². The van der Waals surface area contributed by atoms with Crippen molar-refractivity contribution in [2.24, 2.45) is 5.92 Å². The molecule has 1 aromatic carbocycles. The third-order valence-electron chi connectivity index (χ3n) is 4.08. The van der Waals surface area contributed by atoms with E-state index in [2.05, 4.69) is 32.7 Å². The van der Waals surface area contributed by atoms with E-state index in [4.69, 9.17) is 23.2 Å². The monoisotopic (exact) mass is 430 g/mol. The van der Waals surface area contributed by atoms with Gasteiger partial charge in [-0.25, -0.2) is 4.98 Å². The van der Waals surface area contributed by atoms with Gasteiger partial charge >= 0.3 is 0 Å². The second-order valence-corrected chi connectivity index (χ2v) is 10.6. The van der Waals surface area contributed by atoms with Crippen LogP contribution in [-0.2, 0) is 12.3 Å². The van der Waals surface area contributed by atoms with Gasteiger partial charge in [0, 0.05) is 18.2 Å². The lowest BCUT2D eigenvalue weighted by Gasteiger charge is -2.06. The highest BCUT2D eigenvalue weighted by atomic mass is 35.5. The maximum absolute atomic E-state index is 6.10. The van der Waals surface area contributed by atoms with Crippen LogP contribution in [0.4, 0.5) is 0 Å². The largest absolute Gasteiger partial charge is 0.306 e. The normalized spacial score (nSPS) is 18.8. The Morgan fingerprint density at radius 3 is 2.80 bits per heavy atom. The number of alkyl halides is 2. The highest BCUT2D eigenvalue weighted by Crippen LogP contribution is 2.54. The molecule has 4 rings (SSSR count). The molecule has 9 heteroatoms. The summed E-state index contributed by atoms with van der Waals surface area (Å²) in [7, 11) is 0. The Morgan fingerprint density at radius 2 is 2.08 bits per heavy atom. The molecule has 0 N–H and O–H groups in total. The second kappa shape index (κ2) is 7.27. The van der Waals surface area contributed by atoms with Crippen LogP contribution in [0.1, 0.15) is 19.2 Å². The van der Waals surface area contributed by atoms with Crippen LogP contribution in [0.3, 0.4) is 0 Å². The fraction of sp³-hybridized carbons (Fsp3) is 0.438. The molecule has 1 aliphatic rings. The molecule has 1 saturated carbocycles. The zero-order valence-corrected chi connectivity index (χ0v) is 17.4. The van der Waals surface area contributed by atoms with Crippen molar-refractivity contribution >= 4 is 68.3 Å². The minimum atomic E-state index is -0.532. The van der Waals surface area contributed by atoms with Crippen molar-refractivity contribution in [3.8, 4) is 0 Å². The van der Waals surface area contributed by atoms with Gasteiger partial charge in [-0.1, -0.05) is 35.7 Å². The van der Waals surface area contributed by atoms with E-state index >= 15 is 0 Å². The summed E-state index contributed by atoms with van der Waals surface area (Å²) in [5.74, 6) is 2.98. The quantitative estimate of drug-likeness (QED) is 0.366. The van der Waals surface area contributed by atoms with Crippen LogP contribution in [0, 0.1) is 5.92 Å². The Bertz CT molecular complexity index is 860. The SMILES string of the molecule is CCn1c(CSc2nc3ccccc3s2)nnc1SCC1CC1(Cl)Cl. The number of halogens is 2. The average Bonchev–Trinajstić information content (AvgIpc) is 2.95. The molecule has 2 aromatic heterocycles. The lowest BCUT2D eigenvalue weighted by atomic mass is 10.3. The molecule has 1 atom stereocenters. The van der Waals surface area contributed by atoms with Gasteiger partial charge in [0.25, 0.3) is 0 Å². The molecular weight excluding hydrogens is 415 g/mol. The van der Waals surface area contributed by atoms with E-state index in [1.54, 1.807) is 34.9 Å². The summed E-state index contributed by atoms with van der Waals surface area (Å²) in [6, 6.07) is 8.21. The molecule has 25 heavy (non-hydrogen) atoms. The first kappa shape index (κ1) is 17.9. The average molecular weight is 431 g/mol. The van der Waals surface area contributed by atoms with Crippen molar-refractivity contribution < 1.29 is 0 Å². The zero-order valence-electron chi connectivity index (χ0n) is 13.5. The number of hydrogen-bond donors (Lipinski definition) is 0. The molecule has 132 valence electrons. The number of thioether (sulfide) groups is 2. The van der Waals surface area contributed by atoms with E-state index in [-0.39, 0.29) is 0 Å². The van der Waals surface area contributed by atoms with Crippen molar-refractivity contribution in [2.75, 3.05) is 5.75 Å². The van der Waals surface area contributed by atoms with Crippen LogP contribution in [0.2, 0.25) is 0 Å². The first-order valence-corrected chi connectivity index (χ1v) is 11.5. The maximum atomic E-state index is 6.10. The lowest BCUT2D eigenvalue weighted by Crippen LogP contribution is -2.03. The molecule has 1 unspecified atom stereocenters. The van der Waals surface area contributed by atoms with E-state index < -0.39 is 4.33 Å². The predicted octanol–water partition coefficient (Wildman–Crippen LogP) is 5.49. The lowest BCUT2D eigenvalue weighted by molar-refractivity contribution is 0.658. The number of rotatable bonds is 7. The van der Waals surface area contributed by atoms with Crippen molar-refractivity contribution in [1.29, 1.82) is 0 Å². The molecule has 1 aliphatic carbocycles. The fourth-order valence-corrected chi connectivity index (χ4v) is 6.47. The topological polar surface area (TPSA) is 43.6 Å². The van der Waals surface area contributed by atoms with Crippen molar-refractivity contribution in [2.45, 2.75) is 39.5 Å². The smallest absolute Gasteiger partial charge is 0.191 e. The molecule has 0 bridgehead atoms. The van der Waals surface area contributed by atoms with Crippen LogP contribution in [0.15, 0.2) is 33.8 Å². The van der Waals surface area contributed by atoms with E-state index in [1.807, 2.05) is 18.2 Å². The Kier molecular flexibility index (Phi) is 5.21. The molecule has 0 aliphatic heterocycles. The molecule has 0 saturated heterocycles. The molecule has 0 amide bonds. The standard InChI is InChI=1S/C16H16Cl2N4S3/c1-2-22-13(20-21-14(22)23-8-10-7-16(10,17)18)9-24-15-19-11-5-3-4-6-12(11)25-15/h3-6,10H,2,7-9H2,1H3. The van der Waals surface area contributed by atoms with Gasteiger partial charge in [-0.15, -0.1) is 44.7 Å². The third-order valence-corrected chi connectivity index (χ3v) is 8.31. The molecule has 0 spiro atoms. The Balaban J connectivity index is 1.41. The number of benzene rings is 1. The summed E-state index contributed by atoms with van der Waals surface area (Å²) in [4.78, 5) is 4.66. The summed E-state index contributed by atoms with van der Waals surface area (Å²) in [6.45, 7) is 2.96. The minimum absolute atomic E-state index is 0.350. The number of nitrogens with zero attached hydrogens (tertiary/aromatic N) is 4. The highest BCUT2D eigenvalue weighted by Gasteiger charge is 2.51. The number of thiazole rings is 1. The van der Waals surface area contributed by atoms with Crippen LogP contribution >= 0.6 is 58.1 Å². The van der Waals surface area contributed by atoms with E-state index in [0.29, 0.717) is 5.92 Å². The molecular formula is C16H16Cl2N4S3. The summed E-state index contributed by atoms with van der Waals surface area (Å²) in [6.07, 6.45) is 0.865. The third kappa shape index (κ3) is 3.95. The molecule has 1 fully saturated rings. The first-order chi connectivity index (χ1) is 12.1. The van der Waals surface area contributed by atoms with Crippen LogP contribution in [-0.4, -0.2) is 29.8 Å². The van der Waals surface area contributed by atoms with Crippen molar-refractivity contribution in [1.82, 2.24) is 19.7 Å². The Labute approximate surface area is 168 Å². The minimum Gasteiger partial charge on any atom is -0.306 e.